The topological polar surface area (TPSA) is 18.5 Å². The molecule has 48 heavy (non-hydrogen) atoms. The van der Waals surface area contributed by atoms with Crippen LogP contribution in [0, 0.1) is 59.0 Å². The van der Waals surface area contributed by atoms with Gasteiger partial charge in [0.25, 0.3) is 0 Å². The standard InChI is InChI=1S/C44H44F2O2/c45-36-6-2-8-38(23-36)47-41-22-35(43-33-16-27-11-28(18-33)19-34(43)17-27)21-40(44(41)48-39-9-3-7-37(46)24-39)29-4-1-5-30(20-29)42-31-12-25-10-26(14-31)15-32(42)13-25/h1-9,20-28,31-34,42-43H,10-19H2. The van der Waals surface area contributed by atoms with Crippen molar-refractivity contribution in [1.29, 1.82) is 0 Å². The van der Waals surface area contributed by atoms with E-state index in [2.05, 4.69) is 36.4 Å². The zero-order valence-corrected chi connectivity index (χ0v) is 27.5. The van der Waals surface area contributed by atoms with Gasteiger partial charge in [-0.15, -0.1) is 0 Å². The quantitative estimate of drug-likeness (QED) is 0.200. The molecule has 0 saturated heterocycles. The maximum Gasteiger partial charge on any atom is 0.177 e. The zero-order valence-electron chi connectivity index (χ0n) is 27.5. The van der Waals surface area contributed by atoms with Crippen LogP contribution in [-0.4, -0.2) is 0 Å². The largest absolute Gasteiger partial charge is 0.453 e. The maximum atomic E-state index is 14.5. The number of ether oxygens (including phenoxy) is 2. The first-order valence-corrected chi connectivity index (χ1v) is 18.6. The predicted octanol–water partition coefficient (Wildman–Crippen LogP) is 12.3. The van der Waals surface area contributed by atoms with Gasteiger partial charge in [0.05, 0.1) is 0 Å². The highest BCUT2D eigenvalue weighted by molar-refractivity contribution is 5.76. The van der Waals surface area contributed by atoms with Crippen molar-refractivity contribution < 1.29 is 18.3 Å². The molecule has 8 bridgehead atoms. The average Bonchev–Trinajstić information content (AvgIpc) is 3.05. The van der Waals surface area contributed by atoms with Gasteiger partial charge in [-0.2, -0.15) is 0 Å². The summed E-state index contributed by atoms with van der Waals surface area (Å²) in [5.74, 6) is 8.89. The Bertz CT molecular complexity index is 1810. The fourth-order valence-corrected chi connectivity index (χ4v) is 12.4. The van der Waals surface area contributed by atoms with Gasteiger partial charge in [0, 0.05) is 17.7 Å². The molecule has 8 fully saturated rings. The lowest BCUT2D eigenvalue weighted by Crippen LogP contribution is -2.43. The van der Waals surface area contributed by atoms with Crippen molar-refractivity contribution in [2.45, 2.75) is 76.0 Å². The fourth-order valence-electron chi connectivity index (χ4n) is 12.4. The van der Waals surface area contributed by atoms with Gasteiger partial charge in [-0.25, -0.2) is 8.78 Å². The molecule has 4 aromatic rings. The molecule has 4 heteroatoms. The number of hydrogen-bond donors (Lipinski definition) is 0. The van der Waals surface area contributed by atoms with E-state index >= 15 is 0 Å². The minimum absolute atomic E-state index is 0.346. The molecule has 0 aliphatic heterocycles. The van der Waals surface area contributed by atoms with Crippen LogP contribution in [0.2, 0.25) is 0 Å². The minimum Gasteiger partial charge on any atom is -0.453 e. The summed E-state index contributed by atoms with van der Waals surface area (Å²) in [7, 11) is 0. The molecule has 0 aromatic heterocycles. The summed E-state index contributed by atoms with van der Waals surface area (Å²) in [5.41, 5.74) is 4.84. The lowest BCUT2D eigenvalue weighted by molar-refractivity contribution is -0.00290. The molecule has 2 nitrogen and oxygen atoms in total. The molecular weight excluding hydrogens is 598 g/mol. The van der Waals surface area contributed by atoms with Crippen LogP contribution in [0.5, 0.6) is 23.0 Å². The van der Waals surface area contributed by atoms with Crippen molar-refractivity contribution in [3.8, 4) is 34.1 Å². The third kappa shape index (κ3) is 5.17. The van der Waals surface area contributed by atoms with E-state index in [1.165, 1.54) is 99.6 Å². The van der Waals surface area contributed by atoms with E-state index in [0.717, 1.165) is 46.6 Å². The molecule has 0 amide bonds. The van der Waals surface area contributed by atoms with Crippen LogP contribution in [0.1, 0.15) is 87.2 Å². The van der Waals surface area contributed by atoms with E-state index in [-0.39, 0.29) is 11.6 Å². The van der Waals surface area contributed by atoms with Gasteiger partial charge in [-0.3, -0.25) is 0 Å². The Morgan fingerprint density at radius 3 is 1.50 bits per heavy atom. The Morgan fingerprint density at radius 1 is 0.458 bits per heavy atom. The van der Waals surface area contributed by atoms with Crippen molar-refractivity contribution in [3.05, 3.63) is 108 Å². The van der Waals surface area contributed by atoms with Gasteiger partial charge in [0.1, 0.15) is 23.1 Å². The first-order chi connectivity index (χ1) is 23.5. The summed E-state index contributed by atoms with van der Waals surface area (Å²) >= 11 is 0. The number of rotatable bonds is 7. The fraction of sp³-hybridized carbons (Fsp3) is 0.455. The molecular formula is C44H44F2O2. The lowest BCUT2D eigenvalue weighted by Gasteiger charge is -2.55. The van der Waals surface area contributed by atoms with Crippen LogP contribution in [0.15, 0.2) is 84.9 Å². The summed E-state index contributed by atoms with van der Waals surface area (Å²) in [6, 6.07) is 26.4. The Kier molecular flexibility index (Phi) is 6.99. The Labute approximate surface area is 282 Å². The number of halogens is 2. The maximum absolute atomic E-state index is 14.5. The third-order valence-electron chi connectivity index (χ3n) is 13.5. The van der Waals surface area contributed by atoms with Gasteiger partial charge in [0.15, 0.2) is 11.5 Å². The molecule has 8 saturated carbocycles. The highest BCUT2D eigenvalue weighted by Gasteiger charge is 2.50. The molecule has 0 spiro atoms. The van der Waals surface area contributed by atoms with E-state index in [1.54, 1.807) is 24.3 Å². The van der Waals surface area contributed by atoms with E-state index in [4.69, 9.17) is 9.47 Å². The molecule has 0 radical (unpaired) electrons. The average molecular weight is 643 g/mol. The van der Waals surface area contributed by atoms with Crippen LogP contribution in [0.25, 0.3) is 11.1 Å². The van der Waals surface area contributed by atoms with Crippen molar-refractivity contribution in [3.63, 3.8) is 0 Å². The van der Waals surface area contributed by atoms with E-state index < -0.39 is 0 Å². The zero-order chi connectivity index (χ0) is 31.9. The summed E-state index contributed by atoms with van der Waals surface area (Å²) in [6.45, 7) is 0. The van der Waals surface area contributed by atoms with E-state index in [0.29, 0.717) is 46.7 Å². The molecule has 0 unspecified atom stereocenters. The smallest absolute Gasteiger partial charge is 0.177 e. The second-order valence-electron chi connectivity index (χ2n) is 16.6. The highest BCUT2D eigenvalue weighted by Crippen LogP contribution is 2.62. The summed E-state index contributed by atoms with van der Waals surface area (Å²) in [5, 5.41) is 0. The first kappa shape index (κ1) is 29.3. The van der Waals surface area contributed by atoms with Gasteiger partial charge < -0.3 is 9.47 Å². The number of hydrogen-bond acceptors (Lipinski definition) is 2. The molecule has 0 N–H and O–H groups in total. The first-order valence-electron chi connectivity index (χ1n) is 18.6. The molecule has 8 aliphatic rings. The Morgan fingerprint density at radius 2 is 0.958 bits per heavy atom. The van der Waals surface area contributed by atoms with Crippen LogP contribution in [-0.2, 0) is 0 Å². The SMILES string of the molecule is Fc1cccc(Oc2cc(C3C4CC5CC(C4)CC3C5)cc(-c3cccc(C4C5CC6CC(C5)CC4C6)c3)c2Oc2cccc(F)c2)c1. The van der Waals surface area contributed by atoms with Crippen molar-refractivity contribution >= 4 is 0 Å². The molecule has 8 aliphatic carbocycles. The summed E-state index contributed by atoms with van der Waals surface area (Å²) in [6.07, 6.45) is 13.6. The minimum atomic E-state index is -0.351. The van der Waals surface area contributed by atoms with Crippen LogP contribution in [0.3, 0.4) is 0 Å². The van der Waals surface area contributed by atoms with Gasteiger partial charge >= 0.3 is 0 Å². The molecule has 0 heterocycles. The molecule has 246 valence electrons. The molecule has 0 atom stereocenters. The normalized spacial score (nSPS) is 34.0. The van der Waals surface area contributed by atoms with Crippen LogP contribution in [0.4, 0.5) is 8.78 Å². The van der Waals surface area contributed by atoms with E-state index in [9.17, 15) is 8.78 Å². The van der Waals surface area contributed by atoms with Crippen molar-refractivity contribution in [1.82, 2.24) is 0 Å². The Hall–Kier alpha value is -3.66. The van der Waals surface area contributed by atoms with Crippen LogP contribution >= 0.6 is 0 Å². The second kappa shape index (κ2) is 11.5. The second-order valence-corrected chi connectivity index (χ2v) is 16.6. The van der Waals surface area contributed by atoms with Crippen LogP contribution < -0.4 is 9.47 Å². The van der Waals surface area contributed by atoms with Gasteiger partial charge in [0.2, 0.25) is 0 Å². The van der Waals surface area contributed by atoms with Crippen molar-refractivity contribution in [2.24, 2.45) is 47.3 Å². The lowest BCUT2D eigenvalue weighted by atomic mass is 9.50. The predicted molar refractivity (Wildman–Crippen MR) is 184 cm³/mol. The third-order valence-corrected chi connectivity index (χ3v) is 13.5. The van der Waals surface area contributed by atoms with E-state index in [1.807, 2.05) is 0 Å². The van der Waals surface area contributed by atoms with Gasteiger partial charge in [-0.1, -0.05) is 36.4 Å². The molecule has 4 aromatic carbocycles. The summed E-state index contributed by atoms with van der Waals surface area (Å²) < 4.78 is 42.2. The Balaban J connectivity index is 1.13. The van der Waals surface area contributed by atoms with Gasteiger partial charge in [-0.05, 0) is 176 Å². The summed E-state index contributed by atoms with van der Waals surface area (Å²) in [4.78, 5) is 0. The van der Waals surface area contributed by atoms with Crippen molar-refractivity contribution in [2.75, 3.05) is 0 Å². The molecule has 12 rings (SSSR count). The highest BCUT2D eigenvalue weighted by atomic mass is 19.1. The monoisotopic (exact) mass is 642 g/mol. The number of benzene rings is 4.